The molecule has 1 aromatic carbocycles. The number of ether oxygens (including phenoxy) is 1. The molecule has 2 aliphatic rings. The summed E-state index contributed by atoms with van der Waals surface area (Å²) in [6.07, 6.45) is 9.07. The van der Waals surface area contributed by atoms with E-state index in [-0.39, 0.29) is 4.90 Å². The van der Waals surface area contributed by atoms with E-state index >= 15 is 0 Å². The lowest BCUT2D eigenvalue weighted by Gasteiger charge is -2.42. The molecule has 1 N–H and O–H groups in total. The molecule has 2 aliphatic heterocycles. The molecule has 5 rings (SSSR count). The van der Waals surface area contributed by atoms with Crippen molar-refractivity contribution in [1.29, 1.82) is 4.78 Å². The van der Waals surface area contributed by atoms with Crippen molar-refractivity contribution in [2.45, 2.75) is 50.2 Å². The number of aromatic nitrogens is 2. The first kappa shape index (κ1) is 24.4. The van der Waals surface area contributed by atoms with Crippen molar-refractivity contribution in [2.75, 3.05) is 32.8 Å². The summed E-state index contributed by atoms with van der Waals surface area (Å²) >= 11 is 0. The van der Waals surface area contributed by atoms with Gasteiger partial charge in [0.2, 0.25) is 0 Å². The van der Waals surface area contributed by atoms with Gasteiger partial charge >= 0.3 is 0 Å². The van der Waals surface area contributed by atoms with E-state index in [1.165, 1.54) is 17.7 Å². The Morgan fingerprint density at radius 3 is 2.66 bits per heavy atom. The Bertz CT molecular complexity index is 1320. The van der Waals surface area contributed by atoms with Crippen LogP contribution in [-0.2, 0) is 20.9 Å². The highest BCUT2D eigenvalue weighted by molar-refractivity contribution is 7.93. The van der Waals surface area contributed by atoms with Crippen molar-refractivity contribution in [1.82, 2.24) is 14.5 Å². The first-order valence-electron chi connectivity index (χ1n) is 12.6. The van der Waals surface area contributed by atoms with Crippen molar-refractivity contribution in [3.8, 4) is 5.69 Å². The van der Waals surface area contributed by atoms with E-state index in [0.717, 1.165) is 74.5 Å². The highest BCUT2D eigenvalue weighted by Crippen LogP contribution is 2.34. The number of nitrogens with one attached hydrogen (secondary N) is 1. The summed E-state index contributed by atoms with van der Waals surface area (Å²) < 4.78 is 43.6. The van der Waals surface area contributed by atoms with Crippen LogP contribution in [0.3, 0.4) is 0 Å². The van der Waals surface area contributed by atoms with Gasteiger partial charge in [-0.05, 0) is 81.2 Å². The van der Waals surface area contributed by atoms with E-state index in [4.69, 9.17) is 9.52 Å². The van der Waals surface area contributed by atoms with E-state index in [1.807, 2.05) is 17.0 Å². The van der Waals surface area contributed by atoms with Crippen LogP contribution in [-0.4, -0.2) is 56.8 Å². The van der Waals surface area contributed by atoms with Crippen LogP contribution in [0, 0.1) is 29.4 Å². The van der Waals surface area contributed by atoms with Gasteiger partial charge < -0.3 is 14.2 Å². The number of aryl methyl sites for hydroxylation is 1. The summed E-state index contributed by atoms with van der Waals surface area (Å²) in [7, 11) is -3.18. The lowest BCUT2D eigenvalue weighted by atomic mass is 9.89. The fourth-order valence-electron chi connectivity index (χ4n) is 5.54. The Balaban J connectivity index is 1.45. The molecular formula is C27H35FN4O2S. The average molecular weight is 499 g/mol. The second kappa shape index (κ2) is 9.64. The van der Waals surface area contributed by atoms with E-state index in [1.54, 1.807) is 19.9 Å². The van der Waals surface area contributed by atoms with Gasteiger partial charge in [0, 0.05) is 55.9 Å². The molecule has 2 aromatic heterocycles. The third kappa shape index (κ3) is 4.76. The zero-order valence-electron chi connectivity index (χ0n) is 20.8. The Morgan fingerprint density at radius 1 is 1.20 bits per heavy atom. The number of nitrogens with zero attached hydrogens (tertiary/aromatic N) is 3. The molecule has 0 radical (unpaired) electrons. The fraction of sp³-hybridized carbons (Fsp3) is 0.519. The average Bonchev–Trinajstić information content (AvgIpc) is 3.17. The molecule has 0 saturated carbocycles. The molecule has 4 heterocycles. The van der Waals surface area contributed by atoms with Crippen LogP contribution in [0.2, 0.25) is 0 Å². The highest BCUT2D eigenvalue weighted by atomic mass is 32.2. The number of halogens is 1. The predicted molar refractivity (Wildman–Crippen MR) is 137 cm³/mol. The van der Waals surface area contributed by atoms with E-state index in [2.05, 4.69) is 23.0 Å². The fourth-order valence-corrected chi connectivity index (χ4v) is 6.81. The third-order valence-electron chi connectivity index (χ3n) is 7.55. The predicted octanol–water partition coefficient (Wildman–Crippen LogP) is 5.19. The summed E-state index contributed by atoms with van der Waals surface area (Å²) in [6, 6.07) is 4.29. The van der Waals surface area contributed by atoms with Crippen LogP contribution >= 0.6 is 0 Å². The largest absolute Gasteiger partial charge is 0.381 e. The number of hydrogen-bond acceptors (Lipinski definition) is 5. The van der Waals surface area contributed by atoms with Crippen LogP contribution < -0.4 is 0 Å². The van der Waals surface area contributed by atoms with Gasteiger partial charge in [-0.15, -0.1) is 0 Å². The Morgan fingerprint density at radius 2 is 1.94 bits per heavy atom. The number of hydrogen-bond donors (Lipinski definition) is 1. The van der Waals surface area contributed by atoms with Crippen molar-refractivity contribution in [2.24, 2.45) is 11.8 Å². The molecule has 35 heavy (non-hydrogen) atoms. The number of benzene rings is 1. The Kier molecular flexibility index (Phi) is 6.72. The molecule has 1 atom stereocenters. The number of rotatable bonds is 7. The summed E-state index contributed by atoms with van der Waals surface area (Å²) in [5, 5.41) is 0.722. The quantitative estimate of drug-likeness (QED) is 0.487. The first-order chi connectivity index (χ1) is 16.7. The molecule has 0 bridgehead atoms. The van der Waals surface area contributed by atoms with Crippen molar-refractivity contribution in [3.63, 3.8) is 0 Å². The van der Waals surface area contributed by atoms with Gasteiger partial charge in [0.25, 0.3) is 0 Å². The monoisotopic (exact) mass is 498 g/mol. The maximum Gasteiger partial charge on any atom is 0.124 e. The maximum atomic E-state index is 14.2. The van der Waals surface area contributed by atoms with Gasteiger partial charge in [-0.3, -0.25) is 4.98 Å². The molecule has 6 nitrogen and oxygen atoms in total. The van der Waals surface area contributed by atoms with E-state index < -0.39 is 20.8 Å². The Hall–Kier alpha value is -2.29. The Labute approximate surface area is 207 Å². The summed E-state index contributed by atoms with van der Waals surface area (Å²) in [4.78, 5) is 7.21. The van der Waals surface area contributed by atoms with Crippen LogP contribution in [0.5, 0.6) is 0 Å². The molecule has 1 unspecified atom stereocenters. The van der Waals surface area contributed by atoms with Gasteiger partial charge in [0.1, 0.15) is 5.82 Å². The third-order valence-corrected chi connectivity index (χ3v) is 9.86. The van der Waals surface area contributed by atoms with Gasteiger partial charge in [0.15, 0.2) is 0 Å². The highest BCUT2D eigenvalue weighted by Gasteiger charge is 2.31. The minimum atomic E-state index is -3.18. The molecule has 0 amide bonds. The molecule has 2 fully saturated rings. The molecule has 8 heteroatoms. The zero-order valence-corrected chi connectivity index (χ0v) is 21.6. The van der Waals surface area contributed by atoms with E-state index in [9.17, 15) is 8.60 Å². The smallest absolute Gasteiger partial charge is 0.124 e. The topological polar surface area (TPSA) is 71.2 Å². The second-order valence-corrected chi connectivity index (χ2v) is 13.1. The van der Waals surface area contributed by atoms with Crippen LogP contribution in [0.25, 0.3) is 16.6 Å². The summed E-state index contributed by atoms with van der Waals surface area (Å²) in [6.45, 7) is 10.7. The van der Waals surface area contributed by atoms with E-state index in [0.29, 0.717) is 11.6 Å². The minimum absolute atomic E-state index is 0.240. The number of pyridine rings is 1. The number of fused-ring (bicyclic) bond motifs is 1. The summed E-state index contributed by atoms with van der Waals surface area (Å²) in [5.41, 5.74) is 3.82. The van der Waals surface area contributed by atoms with Gasteiger partial charge in [-0.1, -0.05) is 0 Å². The van der Waals surface area contributed by atoms with Crippen molar-refractivity contribution >= 4 is 20.6 Å². The van der Waals surface area contributed by atoms with Crippen LogP contribution in [0.1, 0.15) is 37.8 Å². The van der Waals surface area contributed by atoms with Crippen molar-refractivity contribution in [3.05, 3.63) is 53.7 Å². The molecule has 3 aromatic rings. The maximum absolute atomic E-state index is 14.2. The molecule has 0 spiro atoms. The standard InChI is InChI=1S/C27H35FN4O2S/c1-18(2)35(29,33)26-11-23(28)4-5-24(26)32-17-22(27-19(3)12-30-13-25(27)32)10-21-15-31(16-21)14-20-6-8-34-9-7-20/h4-5,11-13,17-18,20-21,29H,6-10,14-16H2,1-3H3. The molecule has 2 saturated heterocycles. The van der Waals surface area contributed by atoms with Gasteiger partial charge in [-0.2, -0.15) is 0 Å². The normalized spacial score (nSPS) is 19.8. The van der Waals surface area contributed by atoms with Crippen LogP contribution in [0.4, 0.5) is 4.39 Å². The molecule has 0 aliphatic carbocycles. The van der Waals surface area contributed by atoms with Gasteiger partial charge in [-0.25, -0.2) is 13.4 Å². The molecular weight excluding hydrogens is 463 g/mol. The lowest BCUT2D eigenvalue weighted by molar-refractivity contribution is 0.0254. The van der Waals surface area contributed by atoms with Crippen molar-refractivity contribution < 1.29 is 13.3 Å². The summed E-state index contributed by atoms with van der Waals surface area (Å²) in [5.74, 6) is 0.858. The van der Waals surface area contributed by atoms with Gasteiger partial charge in [0.05, 0.1) is 32.0 Å². The van der Waals surface area contributed by atoms with Crippen LogP contribution in [0.15, 0.2) is 41.7 Å². The molecule has 188 valence electrons. The SMILES string of the molecule is Cc1cncc2c1c(CC1CN(CC3CCOCC3)C1)cn2-c1ccc(F)cc1S(=N)(=O)C(C)C. The second-order valence-electron chi connectivity index (χ2n) is 10.5. The first-order valence-corrected chi connectivity index (χ1v) is 14.2. The minimum Gasteiger partial charge on any atom is -0.381 e. The zero-order chi connectivity index (χ0) is 24.7. The number of likely N-dealkylation sites (tertiary alicyclic amines) is 1. The lowest BCUT2D eigenvalue weighted by Crippen LogP contribution is -2.49.